The largest absolute Gasteiger partial charge is 0.497 e. The van der Waals surface area contributed by atoms with Crippen molar-refractivity contribution in [1.82, 2.24) is 9.21 Å². The highest BCUT2D eigenvalue weighted by atomic mass is 32.2. The van der Waals surface area contributed by atoms with Crippen molar-refractivity contribution in [3.8, 4) is 5.75 Å². The van der Waals surface area contributed by atoms with Crippen LogP contribution in [0.3, 0.4) is 0 Å². The van der Waals surface area contributed by atoms with Crippen LogP contribution in [0.2, 0.25) is 0 Å². The van der Waals surface area contributed by atoms with E-state index in [1.165, 1.54) is 22.4 Å². The van der Waals surface area contributed by atoms with Crippen LogP contribution in [-0.4, -0.2) is 63.6 Å². The lowest BCUT2D eigenvalue weighted by atomic mass is 9.88. The number of rotatable bonds is 6. The third-order valence-electron chi connectivity index (χ3n) is 7.89. The van der Waals surface area contributed by atoms with Gasteiger partial charge in [-0.25, -0.2) is 8.42 Å². The molecule has 0 aliphatic carbocycles. The second-order valence-corrected chi connectivity index (χ2v) is 12.1. The maximum absolute atomic E-state index is 14.0. The number of hydrogen-bond donors (Lipinski definition) is 0. The molecule has 2 aliphatic heterocycles. The Labute approximate surface area is 221 Å². The van der Waals surface area contributed by atoms with Gasteiger partial charge in [0.2, 0.25) is 10.0 Å². The number of anilines is 1. The van der Waals surface area contributed by atoms with Gasteiger partial charge in [-0.05, 0) is 67.5 Å². The lowest BCUT2D eigenvalue weighted by Gasteiger charge is -2.47. The summed E-state index contributed by atoms with van der Waals surface area (Å²) in [6.07, 6.45) is 1.42. The molecule has 5 rings (SSSR count). The molecule has 3 aromatic rings. The number of nitrogens with zero attached hydrogens (tertiary/aromatic N) is 3. The van der Waals surface area contributed by atoms with Crippen LogP contribution in [0.25, 0.3) is 0 Å². The Kier molecular flexibility index (Phi) is 7.56. The summed E-state index contributed by atoms with van der Waals surface area (Å²) in [5.74, 6) is 0.888. The Bertz CT molecular complexity index is 1320. The van der Waals surface area contributed by atoms with Crippen LogP contribution >= 0.6 is 0 Å². The SMILES string of the molecule is COc1cccc(S(=O)(=O)N2CC[C@@H](c3ccccc3)CC2N2CCN(c3cc(C)ccc3C)CC2)c1. The summed E-state index contributed by atoms with van der Waals surface area (Å²) >= 11 is 0. The summed E-state index contributed by atoms with van der Waals surface area (Å²) in [4.78, 5) is 5.12. The first-order chi connectivity index (χ1) is 17.9. The van der Waals surface area contributed by atoms with Crippen molar-refractivity contribution in [1.29, 1.82) is 0 Å². The van der Waals surface area contributed by atoms with Gasteiger partial charge in [-0.1, -0.05) is 48.5 Å². The predicted molar refractivity (Wildman–Crippen MR) is 149 cm³/mol. The van der Waals surface area contributed by atoms with E-state index in [-0.39, 0.29) is 6.17 Å². The molecule has 0 aromatic heterocycles. The first-order valence-electron chi connectivity index (χ1n) is 13.1. The number of ether oxygens (including phenoxy) is 1. The minimum absolute atomic E-state index is 0.184. The van der Waals surface area contributed by atoms with E-state index in [4.69, 9.17) is 4.74 Å². The predicted octanol–water partition coefficient (Wildman–Crippen LogP) is 5.03. The quantitative estimate of drug-likeness (QED) is 0.457. The summed E-state index contributed by atoms with van der Waals surface area (Å²) in [5, 5.41) is 0. The van der Waals surface area contributed by atoms with Crippen LogP contribution in [0.4, 0.5) is 5.69 Å². The van der Waals surface area contributed by atoms with Gasteiger partial charge in [0.05, 0.1) is 18.2 Å². The zero-order chi connectivity index (χ0) is 26.0. The smallest absolute Gasteiger partial charge is 0.244 e. The van der Waals surface area contributed by atoms with Crippen molar-refractivity contribution >= 4 is 15.7 Å². The summed E-state index contributed by atoms with van der Waals surface area (Å²) in [6.45, 7) is 8.20. The van der Waals surface area contributed by atoms with Gasteiger partial charge in [0, 0.05) is 44.5 Å². The highest BCUT2D eigenvalue weighted by molar-refractivity contribution is 7.89. The minimum atomic E-state index is -3.68. The summed E-state index contributed by atoms with van der Waals surface area (Å²) in [7, 11) is -2.11. The summed E-state index contributed by atoms with van der Waals surface area (Å²) in [6, 6.07) is 24.0. The van der Waals surface area contributed by atoms with E-state index >= 15 is 0 Å². The molecule has 0 bridgehead atoms. The van der Waals surface area contributed by atoms with Crippen molar-refractivity contribution in [3.63, 3.8) is 0 Å². The number of hydrogen-bond acceptors (Lipinski definition) is 5. The molecule has 2 atom stereocenters. The molecule has 0 spiro atoms. The highest BCUT2D eigenvalue weighted by Gasteiger charge is 2.41. The Balaban J connectivity index is 1.41. The highest BCUT2D eigenvalue weighted by Crippen LogP contribution is 2.37. The molecule has 2 aliphatic rings. The lowest BCUT2D eigenvalue weighted by molar-refractivity contribution is 0.0568. The number of benzene rings is 3. The van der Waals surface area contributed by atoms with Crippen molar-refractivity contribution < 1.29 is 13.2 Å². The van der Waals surface area contributed by atoms with Gasteiger partial charge in [0.1, 0.15) is 5.75 Å². The molecule has 2 heterocycles. The number of piperazine rings is 1. The molecular weight excluding hydrogens is 482 g/mol. The maximum Gasteiger partial charge on any atom is 0.244 e. The molecule has 196 valence electrons. The second-order valence-electron chi connectivity index (χ2n) is 10.2. The molecule has 1 unspecified atom stereocenters. The van der Waals surface area contributed by atoms with E-state index < -0.39 is 10.0 Å². The van der Waals surface area contributed by atoms with E-state index in [1.807, 2.05) is 6.07 Å². The van der Waals surface area contributed by atoms with Crippen LogP contribution in [0.5, 0.6) is 5.75 Å². The fraction of sp³-hybridized carbons (Fsp3) is 0.400. The number of sulfonamides is 1. The Morgan fingerprint density at radius 2 is 1.59 bits per heavy atom. The molecule has 37 heavy (non-hydrogen) atoms. The normalized spacial score (nSPS) is 21.6. The van der Waals surface area contributed by atoms with E-state index in [9.17, 15) is 8.42 Å². The van der Waals surface area contributed by atoms with Gasteiger partial charge in [0.25, 0.3) is 0 Å². The third-order valence-corrected chi connectivity index (χ3v) is 9.78. The molecule has 3 aromatic carbocycles. The lowest BCUT2D eigenvalue weighted by Crippen LogP contribution is -2.59. The van der Waals surface area contributed by atoms with Gasteiger partial charge in [-0.15, -0.1) is 0 Å². The molecule has 0 amide bonds. The zero-order valence-electron chi connectivity index (χ0n) is 22.0. The van der Waals surface area contributed by atoms with Crippen molar-refractivity contribution in [2.45, 2.75) is 43.7 Å². The number of piperidine rings is 1. The zero-order valence-corrected chi connectivity index (χ0v) is 22.8. The van der Waals surface area contributed by atoms with Crippen molar-refractivity contribution in [2.24, 2.45) is 0 Å². The molecule has 2 fully saturated rings. The first-order valence-corrected chi connectivity index (χ1v) is 14.6. The van der Waals surface area contributed by atoms with Gasteiger partial charge in [0.15, 0.2) is 0 Å². The van der Waals surface area contributed by atoms with Crippen LogP contribution < -0.4 is 9.64 Å². The molecule has 2 saturated heterocycles. The van der Waals surface area contributed by atoms with Crippen LogP contribution in [0.15, 0.2) is 77.7 Å². The monoisotopic (exact) mass is 519 g/mol. The molecule has 0 N–H and O–H groups in total. The number of methoxy groups -OCH3 is 1. The third kappa shape index (κ3) is 5.40. The van der Waals surface area contributed by atoms with Gasteiger partial charge < -0.3 is 9.64 Å². The van der Waals surface area contributed by atoms with Crippen LogP contribution in [0, 0.1) is 13.8 Å². The second kappa shape index (κ2) is 10.9. The van der Waals surface area contributed by atoms with Gasteiger partial charge in [-0.2, -0.15) is 4.31 Å². The van der Waals surface area contributed by atoms with Gasteiger partial charge in [-0.3, -0.25) is 4.90 Å². The fourth-order valence-corrected chi connectivity index (χ4v) is 7.45. The molecular formula is C30H37N3O3S. The Hall–Kier alpha value is -2.87. The fourth-order valence-electron chi connectivity index (χ4n) is 5.78. The van der Waals surface area contributed by atoms with E-state index in [0.717, 1.165) is 39.0 Å². The van der Waals surface area contributed by atoms with Crippen molar-refractivity contribution in [3.05, 3.63) is 89.5 Å². The average Bonchev–Trinajstić information content (AvgIpc) is 2.94. The van der Waals surface area contributed by atoms with Crippen molar-refractivity contribution in [2.75, 3.05) is 44.7 Å². The van der Waals surface area contributed by atoms with Gasteiger partial charge >= 0.3 is 0 Å². The van der Waals surface area contributed by atoms with E-state index in [2.05, 4.69) is 66.1 Å². The maximum atomic E-state index is 14.0. The van der Waals surface area contributed by atoms with Crippen LogP contribution in [-0.2, 0) is 10.0 Å². The average molecular weight is 520 g/mol. The minimum Gasteiger partial charge on any atom is -0.497 e. The molecule has 0 radical (unpaired) electrons. The van der Waals surface area contributed by atoms with E-state index in [0.29, 0.717) is 23.1 Å². The Morgan fingerprint density at radius 3 is 2.32 bits per heavy atom. The van der Waals surface area contributed by atoms with Crippen LogP contribution in [0.1, 0.15) is 35.4 Å². The number of aryl methyl sites for hydroxylation is 2. The standard InChI is InChI=1S/C30H37N3O3S/c1-23-12-13-24(2)29(20-23)31-16-18-32(19-17-31)30-21-26(25-8-5-4-6-9-25)14-15-33(30)37(34,35)28-11-7-10-27(22-28)36-3/h4-13,20,22,26,30H,14-19,21H2,1-3H3/t26-,30?/m1/s1. The molecule has 7 heteroatoms. The molecule has 0 saturated carbocycles. The topological polar surface area (TPSA) is 53.1 Å². The summed E-state index contributed by atoms with van der Waals surface area (Å²) in [5.41, 5.74) is 5.12. The first kappa shape index (κ1) is 25.8. The summed E-state index contributed by atoms with van der Waals surface area (Å²) < 4.78 is 35.0. The molecule has 6 nitrogen and oxygen atoms in total. The van der Waals surface area contributed by atoms with E-state index in [1.54, 1.807) is 35.7 Å². The Morgan fingerprint density at radius 1 is 0.838 bits per heavy atom.